The van der Waals surface area contributed by atoms with Crippen molar-refractivity contribution < 1.29 is 12.8 Å². The quantitative estimate of drug-likeness (QED) is 0.810. The lowest BCUT2D eigenvalue weighted by Gasteiger charge is -2.37. The van der Waals surface area contributed by atoms with E-state index in [-0.39, 0.29) is 5.75 Å². The Morgan fingerprint density at radius 1 is 1.38 bits per heavy atom. The molecule has 1 aliphatic heterocycles. The van der Waals surface area contributed by atoms with Crippen LogP contribution in [0.1, 0.15) is 50.7 Å². The van der Waals surface area contributed by atoms with Gasteiger partial charge in [0.05, 0.1) is 11.8 Å². The number of sulfone groups is 1. The molecule has 0 saturated carbocycles. The first-order valence-electron chi connectivity index (χ1n) is 7.89. The molecule has 0 bridgehead atoms. The second-order valence-electron chi connectivity index (χ2n) is 6.32. The van der Waals surface area contributed by atoms with Crippen LogP contribution in [0.2, 0.25) is 0 Å². The van der Waals surface area contributed by atoms with Gasteiger partial charge in [-0.2, -0.15) is 0 Å². The molecule has 0 aliphatic carbocycles. The second-order valence-corrected chi connectivity index (χ2v) is 8.58. The van der Waals surface area contributed by atoms with Crippen LogP contribution < -0.4 is 0 Å². The Balaban J connectivity index is 2.02. The summed E-state index contributed by atoms with van der Waals surface area (Å²) in [5.41, 5.74) is 0. The van der Waals surface area contributed by atoms with E-state index in [2.05, 4.69) is 30.9 Å². The van der Waals surface area contributed by atoms with E-state index >= 15 is 0 Å². The third kappa shape index (κ3) is 4.85. The molecular formula is C16H27NO3S. The number of rotatable bonds is 6. The van der Waals surface area contributed by atoms with Crippen molar-refractivity contribution in [1.29, 1.82) is 0 Å². The number of nitrogens with zero attached hydrogens (tertiary/aromatic N) is 1. The average Bonchev–Trinajstić information content (AvgIpc) is 2.87. The zero-order valence-corrected chi connectivity index (χ0v) is 14.2. The maximum atomic E-state index is 11.3. The molecule has 1 aliphatic rings. The summed E-state index contributed by atoms with van der Waals surface area (Å²) in [5, 5.41) is 0. The summed E-state index contributed by atoms with van der Waals surface area (Å²) in [4.78, 5) is 2.39. The fourth-order valence-corrected chi connectivity index (χ4v) is 3.70. The predicted molar refractivity (Wildman–Crippen MR) is 85.1 cm³/mol. The minimum atomic E-state index is -2.87. The summed E-state index contributed by atoms with van der Waals surface area (Å²) in [6.45, 7) is 6.23. The van der Waals surface area contributed by atoms with Crippen LogP contribution in [0.25, 0.3) is 0 Å². The molecule has 0 spiro atoms. The van der Waals surface area contributed by atoms with E-state index in [0.717, 1.165) is 37.5 Å². The normalized spacial score (nSPS) is 24.3. The van der Waals surface area contributed by atoms with Crippen molar-refractivity contribution in [2.45, 2.75) is 45.6 Å². The van der Waals surface area contributed by atoms with Crippen molar-refractivity contribution >= 4 is 9.84 Å². The summed E-state index contributed by atoms with van der Waals surface area (Å²) in [5.74, 6) is 3.03. The van der Waals surface area contributed by atoms with Crippen LogP contribution in [0.15, 0.2) is 16.5 Å². The first-order valence-corrected chi connectivity index (χ1v) is 9.95. The van der Waals surface area contributed by atoms with Crippen molar-refractivity contribution in [3.63, 3.8) is 0 Å². The largest absolute Gasteiger partial charge is 0.464 e. The zero-order chi connectivity index (χ0) is 15.5. The van der Waals surface area contributed by atoms with Gasteiger partial charge in [-0.1, -0.05) is 13.8 Å². The monoisotopic (exact) mass is 313 g/mol. The molecule has 0 amide bonds. The maximum absolute atomic E-state index is 11.3. The van der Waals surface area contributed by atoms with Crippen LogP contribution in [-0.2, 0) is 16.3 Å². The Bertz CT molecular complexity index is 550. The van der Waals surface area contributed by atoms with E-state index in [1.54, 1.807) is 0 Å². The summed E-state index contributed by atoms with van der Waals surface area (Å²) >= 11 is 0. The van der Waals surface area contributed by atoms with E-state index in [0.29, 0.717) is 18.4 Å². The standard InChI is InChI=1S/C16H27NO3S/c1-4-14-6-7-16(20-14)15-12-13(2)8-10-17(15)9-5-11-21(3,18)19/h6-7,13,15H,4-5,8-12H2,1-3H3/t13-,15-/m1/s1. The molecule has 1 aromatic rings. The van der Waals surface area contributed by atoms with Gasteiger partial charge in [-0.15, -0.1) is 0 Å². The van der Waals surface area contributed by atoms with Crippen LogP contribution in [0.5, 0.6) is 0 Å². The number of likely N-dealkylation sites (tertiary alicyclic amines) is 1. The molecule has 2 atom stereocenters. The summed E-state index contributed by atoms with van der Waals surface area (Å²) in [7, 11) is -2.87. The lowest BCUT2D eigenvalue weighted by molar-refractivity contribution is 0.101. The van der Waals surface area contributed by atoms with Crippen LogP contribution >= 0.6 is 0 Å². The molecule has 1 fully saturated rings. The molecule has 4 nitrogen and oxygen atoms in total. The number of hydrogen-bond acceptors (Lipinski definition) is 4. The van der Waals surface area contributed by atoms with E-state index < -0.39 is 9.84 Å². The van der Waals surface area contributed by atoms with Gasteiger partial charge in [-0.3, -0.25) is 4.90 Å². The second kappa shape index (κ2) is 6.97. The number of piperidine rings is 1. The fraction of sp³-hybridized carbons (Fsp3) is 0.750. The molecule has 21 heavy (non-hydrogen) atoms. The minimum Gasteiger partial charge on any atom is -0.464 e. The first-order chi connectivity index (χ1) is 9.89. The van der Waals surface area contributed by atoms with Gasteiger partial charge in [0.2, 0.25) is 0 Å². The topological polar surface area (TPSA) is 50.5 Å². The molecule has 0 N–H and O–H groups in total. The van der Waals surface area contributed by atoms with Gasteiger partial charge in [0.15, 0.2) is 0 Å². The molecule has 0 radical (unpaired) electrons. The van der Waals surface area contributed by atoms with Gasteiger partial charge in [0.25, 0.3) is 0 Å². The number of furan rings is 1. The Morgan fingerprint density at radius 3 is 2.76 bits per heavy atom. The van der Waals surface area contributed by atoms with Crippen molar-refractivity contribution in [1.82, 2.24) is 4.90 Å². The summed E-state index contributed by atoms with van der Waals surface area (Å²) in [6.07, 6.45) is 5.19. The molecule has 120 valence electrons. The fourth-order valence-electron chi connectivity index (χ4n) is 3.05. The average molecular weight is 313 g/mol. The number of hydrogen-bond donors (Lipinski definition) is 0. The van der Waals surface area contributed by atoms with E-state index in [9.17, 15) is 8.42 Å². The Kier molecular flexibility index (Phi) is 5.49. The van der Waals surface area contributed by atoms with Crippen LogP contribution in [0.4, 0.5) is 0 Å². The minimum absolute atomic E-state index is 0.268. The lowest BCUT2D eigenvalue weighted by atomic mass is 9.91. The van der Waals surface area contributed by atoms with Gasteiger partial charge < -0.3 is 4.42 Å². The van der Waals surface area contributed by atoms with Crippen molar-refractivity contribution in [3.05, 3.63) is 23.7 Å². The highest BCUT2D eigenvalue weighted by atomic mass is 32.2. The van der Waals surface area contributed by atoms with Crippen molar-refractivity contribution in [2.24, 2.45) is 5.92 Å². The molecular weight excluding hydrogens is 286 g/mol. The zero-order valence-electron chi connectivity index (χ0n) is 13.3. The van der Waals surface area contributed by atoms with Gasteiger partial charge in [-0.05, 0) is 50.4 Å². The van der Waals surface area contributed by atoms with Gasteiger partial charge in [0, 0.05) is 12.7 Å². The third-order valence-electron chi connectivity index (χ3n) is 4.30. The lowest BCUT2D eigenvalue weighted by Crippen LogP contribution is -2.37. The van der Waals surface area contributed by atoms with Crippen LogP contribution in [0, 0.1) is 5.92 Å². The van der Waals surface area contributed by atoms with E-state index in [1.807, 2.05) is 0 Å². The third-order valence-corrected chi connectivity index (χ3v) is 5.33. The molecule has 5 heteroatoms. The molecule has 0 unspecified atom stereocenters. The summed E-state index contributed by atoms with van der Waals surface area (Å²) < 4.78 is 28.5. The van der Waals surface area contributed by atoms with Gasteiger partial charge in [-0.25, -0.2) is 8.42 Å². The first kappa shape index (κ1) is 16.6. The smallest absolute Gasteiger partial charge is 0.147 e. The van der Waals surface area contributed by atoms with Crippen molar-refractivity contribution in [3.8, 4) is 0 Å². The van der Waals surface area contributed by atoms with Crippen LogP contribution in [-0.4, -0.2) is 38.4 Å². The highest BCUT2D eigenvalue weighted by Gasteiger charge is 2.29. The molecule has 2 rings (SSSR count). The SMILES string of the molecule is CCc1ccc([C@H]2C[C@H](C)CCN2CCCS(C)(=O)=O)o1. The highest BCUT2D eigenvalue weighted by Crippen LogP contribution is 2.35. The Hall–Kier alpha value is -0.810. The highest BCUT2D eigenvalue weighted by molar-refractivity contribution is 7.90. The van der Waals surface area contributed by atoms with E-state index in [4.69, 9.17) is 4.42 Å². The van der Waals surface area contributed by atoms with E-state index in [1.165, 1.54) is 12.7 Å². The van der Waals surface area contributed by atoms with Gasteiger partial charge >= 0.3 is 0 Å². The number of aryl methyl sites for hydroxylation is 1. The Morgan fingerprint density at radius 2 is 2.14 bits per heavy atom. The molecule has 1 saturated heterocycles. The van der Waals surface area contributed by atoms with Gasteiger partial charge in [0.1, 0.15) is 21.4 Å². The maximum Gasteiger partial charge on any atom is 0.147 e. The predicted octanol–water partition coefficient (Wildman–Crippen LogP) is 3.05. The molecule has 0 aromatic carbocycles. The summed E-state index contributed by atoms with van der Waals surface area (Å²) in [6, 6.07) is 4.45. The molecule has 2 heterocycles. The Labute approximate surface area is 128 Å². The van der Waals surface area contributed by atoms with Crippen LogP contribution in [0.3, 0.4) is 0 Å². The van der Waals surface area contributed by atoms with Crippen molar-refractivity contribution in [2.75, 3.05) is 25.1 Å². The molecule has 1 aromatic heterocycles.